The maximum absolute atomic E-state index is 12.3. The van der Waals surface area contributed by atoms with Gasteiger partial charge in [-0.1, -0.05) is 0 Å². The summed E-state index contributed by atoms with van der Waals surface area (Å²) in [5.74, 6) is 0.506. The number of hydrogen-bond acceptors (Lipinski definition) is 3. The van der Waals surface area contributed by atoms with E-state index >= 15 is 0 Å². The average molecular weight is 270 g/mol. The summed E-state index contributed by atoms with van der Waals surface area (Å²) in [6.07, 6.45) is 8.64. The van der Waals surface area contributed by atoms with Crippen molar-refractivity contribution in [1.82, 2.24) is 24.1 Å². The number of carbonyl (C=O) groups is 1. The van der Waals surface area contributed by atoms with Gasteiger partial charge in [-0.2, -0.15) is 10.2 Å². The average Bonchev–Trinajstić information content (AvgIpc) is 3.10. The van der Waals surface area contributed by atoms with Crippen LogP contribution in [0, 0.1) is 0 Å². The molecule has 3 heterocycles. The third-order valence-electron chi connectivity index (χ3n) is 2.96. The summed E-state index contributed by atoms with van der Waals surface area (Å²) in [5.41, 5.74) is 1.16. The quantitative estimate of drug-likeness (QED) is 0.777. The van der Waals surface area contributed by atoms with E-state index in [1.54, 1.807) is 42.0 Å². The fourth-order valence-electron chi connectivity index (χ4n) is 2.06. The first-order valence-corrected chi connectivity index (χ1v) is 6.10. The Balaban J connectivity index is 1.93. The van der Waals surface area contributed by atoms with Crippen LogP contribution >= 0.6 is 0 Å². The van der Waals surface area contributed by atoms with Crippen molar-refractivity contribution >= 4 is 11.6 Å². The van der Waals surface area contributed by atoms with Crippen LogP contribution in [-0.4, -0.2) is 30.0 Å². The Morgan fingerprint density at radius 3 is 2.55 bits per heavy atom. The first-order chi connectivity index (χ1) is 9.65. The van der Waals surface area contributed by atoms with Gasteiger partial charge in [0.05, 0.1) is 18.1 Å². The maximum Gasteiger partial charge on any atom is 0.261 e. The number of anilines is 1. The molecule has 0 aromatic carbocycles. The number of amides is 1. The zero-order valence-electron chi connectivity index (χ0n) is 11.2. The van der Waals surface area contributed by atoms with Gasteiger partial charge in [-0.25, -0.2) is 0 Å². The van der Waals surface area contributed by atoms with E-state index in [1.165, 1.54) is 0 Å². The van der Waals surface area contributed by atoms with Crippen LogP contribution in [0.1, 0.15) is 10.4 Å². The number of aryl methyl sites for hydroxylation is 2. The fourth-order valence-corrected chi connectivity index (χ4v) is 2.06. The van der Waals surface area contributed by atoms with Crippen LogP contribution in [-0.2, 0) is 14.1 Å². The Bertz CT molecular complexity index is 737. The SMILES string of the molecule is Cn1cc(NC(=O)c2cnn(C)c2-n2cccc2)cn1. The highest BCUT2D eigenvalue weighted by atomic mass is 16.1. The maximum atomic E-state index is 12.3. The molecular weight excluding hydrogens is 256 g/mol. The normalized spacial score (nSPS) is 10.7. The molecule has 0 atom stereocenters. The van der Waals surface area contributed by atoms with Crippen molar-refractivity contribution in [1.29, 1.82) is 0 Å². The molecule has 20 heavy (non-hydrogen) atoms. The van der Waals surface area contributed by atoms with Crippen LogP contribution in [0.4, 0.5) is 5.69 Å². The van der Waals surface area contributed by atoms with E-state index in [1.807, 2.05) is 29.1 Å². The molecule has 0 aliphatic carbocycles. The molecule has 1 amide bonds. The Kier molecular flexibility index (Phi) is 2.86. The Morgan fingerprint density at radius 2 is 1.90 bits per heavy atom. The lowest BCUT2D eigenvalue weighted by Gasteiger charge is -2.07. The minimum atomic E-state index is -0.213. The van der Waals surface area contributed by atoms with Crippen LogP contribution < -0.4 is 5.32 Å². The van der Waals surface area contributed by atoms with Gasteiger partial charge >= 0.3 is 0 Å². The molecular formula is C13H14N6O. The van der Waals surface area contributed by atoms with Crippen molar-refractivity contribution in [2.45, 2.75) is 0 Å². The van der Waals surface area contributed by atoms with Crippen LogP contribution in [0.3, 0.4) is 0 Å². The van der Waals surface area contributed by atoms with Gasteiger partial charge in [-0.3, -0.25) is 14.2 Å². The zero-order chi connectivity index (χ0) is 14.1. The molecule has 1 N–H and O–H groups in total. The van der Waals surface area contributed by atoms with E-state index in [4.69, 9.17) is 0 Å². The number of carbonyl (C=O) groups excluding carboxylic acids is 1. The number of nitrogens with one attached hydrogen (secondary N) is 1. The smallest absolute Gasteiger partial charge is 0.261 e. The first kappa shape index (κ1) is 12.2. The summed E-state index contributed by atoms with van der Waals surface area (Å²) in [6.45, 7) is 0. The largest absolute Gasteiger partial charge is 0.319 e. The van der Waals surface area contributed by atoms with E-state index in [0.717, 1.165) is 5.82 Å². The Morgan fingerprint density at radius 1 is 1.15 bits per heavy atom. The topological polar surface area (TPSA) is 69.7 Å². The van der Waals surface area contributed by atoms with Gasteiger partial charge in [0.1, 0.15) is 11.4 Å². The summed E-state index contributed by atoms with van der Waals surface area (Å²) in [7, 11) is 3.60. The van der Waals surface area contributed by atoms with Crippen molar-refractivity contribution in [2.75, 3.05) is 5.32 Å². The second kappa shape index (κ2) is 4.69. The van der Waals surface area contributed by atoms with Crippen LogP contribution in [0.2, 0.25) is 0 Å². The second-order valence-corrected chi connectivity index (χ2v) is 4.45. The van der Waals surface area contributed by atoms with E-state index in [0.29, 0.717) is 11.3 Å². The van der Waals surface area contributed by atoms with Crippen molar-refractivity contribution < 1.29 is 4.79 Å². The van der Waals surface area contributed by atoms with Gasteiger partial charge in [-0.15, -0.1) is 0 Å². The highest BCUT2D eigenvalue weighted by Gasteiger charge is 2.17. The lowest BCUT2D eigenvalue weighted by Crippen LogP contribution is -2.14. The molecule has 0 bridgehead atoms. The van der Waals surface area contributed by atoms with Gasteiger partial charge in [0.15, 0.2) is 0 Å². The van der Waals surface area contributed by atoms with E-state index < -0.39 is 0 Å². The number of nitrogens with zero attached hydrogens (tertiary/aromatic N) is 5. The molecule has 3 aromatic rings. The molecule has 7 heteroatoms. The van der Waals surface area contributed by atoms with Gasteiger partial charge in [0.2, 0.25) is 0 Å². The Labute approximate surface area is 115 Å². The first-order valence-electron chi connectivity index (χ1n) is 6.10. The molecule has 0 saturated carbocycles. The predicted octanol–water partition coefficient (Wildman–Crippen LogP) is 1.20. The highest BCUT2D eigenvalue weighted by molar-refractivity contribution is 6.06. The molecule has 3 aromatic heterocycles. The van der Waals surface area contributed by atoms with Crippen molar-refractivity contribution in [3.05, 3.63) is 48.7 Å². The van der Waals surface area contributed by atoms with Gasteiger partial charge in [0.25, 0.3) is 5.91 Å². The summed E-state index contributed by atoms with van der Waals surface area (Å²) in [4.78, 5) is 12.3. The molecule has 0 aliphatic heterocycles. The minimum Gasteiger partial charge on any atom is -0.319 e. The van der Waals surface area contributed by atoms with Crippen molar-refractivity contribution in [3.8, 4) is 5.82 Å². The lowest BCUT2D eigenvalue weighted by atomic mass is 10.3. The fraction of sp³-hybridized carbons (Fsp3) is 0.154. The standard InChI is InChI=1S/C13H14N6O/c1-17-9-10(7-14-17)16-12(20)11-8-15-18(2)13(11)19-5-3-4-6-19/h3-9H,1-2H3,(H,16,20). The number of rotatable bonds is 3. The summed E-state index contributed by atoms with van der Waals surface area (Å²) < 4.78 is 5.15. The molecule has 0 fully saturated rings. The monoisotopic (exact) mass is 270 g/mol. The summed E-state index contributed by atoms with van der Waals surface area (Å²) >= 11 is 0. The molecule has 0 spiro atoms. The van der Waals surface area contributed by atoms with Crippen LogP contribution in [0.5, 0.6) is 0 Å². The number of aromatic nitrogens is 5. The molecule has 0 saturated heterocycles. The minimum absolute atomic E-state index is 0.213. The van der Waals surface area contributed by atoms with Gasteiger partial charge in [-0.05, 0) is 12.1 Å². The van der Waals surface area contributed by atoms with Crippen molar-refractivity contribution in [2.24, 2.45) is 14.1 Å². The van der Waals surface area contributed by atoms with Gasteiger partial charge in [0, 0.05) is 32.7 Å². The third kappa shape index (κ3) is 2.09. The molecule has 0 aliphatic rings. The molecule has 0 radical (unpaired) electrons. The lowest BCUT2D eigenvalue weighted by molar-refractivity contribution is 0.102. The van der Waals surface area contributed by atoms with Crippen molar-refractivity contribution in [3.63, 3.8) is 0 Å². The highest BCUT2D eigenvalue weighted by Crippen LogP contribution is 2.16. The van der Waals surface area contributed by atoms with Crippen LogP contribution in [0.25, 0.3) is 5.82 Å². The number of hydrogen-bond donors (Lipinski definition) is 1. The Hall–Kier alpha value is -2.83. The van der Waals surface area contributed by atoms with E-state index in [2.05, 4.69) is 15.5 Å². The predicted molar refractivity (Wildman–Crippen MR) is 73.7 cm³/mol. The van der Waals surface area contributed by atoms with E-state index in [-0.39, 0.29) is 5.91 Å². The molecule has 102 valence electrons. The molecule has 7 nitrogen and oxygen atoms in total. The zero-order valence-corrected chi connectivity index (χ0v) is 11.2. The summed E-state index contributed by atoms with van der Waals surface area (Å²) in [6, 6.07) is 3.80. The van der Waals surface area contributed by atoms with E-state index in [9.17, 15) is 4.79 Å². The van der Waals surface area contributed by atoms with Gasteiger partial charge < -0.3 is 9.88 Å². The molecule has 0 unspecified atom stereocenters. The molecule has 3 rings (SSSR count). The second-order valence-electron chi connectivity index (χ2n) is 4.45. The summed E-state index contributed by atoms with van der Waals surface area (Å²) in [5, 5.41) is 11.0. The third-order valence-corrected chi connectivity index (χ3v) is 2.96. The van der Waals surface area contributed by atoms with Crippen LogP contribution in [0.15, 0.2) is 43.1 Å².